The van der Waals surface area contributed by atoms with Crippen LogP contribution in [0.1, 0.15) is 28.5 Å². The third-order valence-corrected chi connectivity index (χ3v) is 5.99. The number of hydrogen-bond donors (Lipinski definition) is 0. The Bertz CT molecular complexity index is 1640. The second-order valence-electron chi connectivity index (χ2n) is 8.00. The summed E-state index contributed by atoms with van der Waals surface area (Å²) < 4.78 is 15.8. The van der Waals surface area contributed by atoms with Crippen molar-refractivity contribution in [1.29, 1.82) is 0 Å². The Kier molecular flexibility index (Phi) is 3.92. The summed E-state index contributed by atoms with van der Waals surface area (Å²) in [6, 6.07) is 17.5. The molecule has 34 heavy (non-hydrogen) atoms. The van der Waals surface area contributed by atoms with E-state index in [-0.39, 0.29) is 5.92 Å². The largest absolute Gasteiger partial charge is 0.468 e. The first kappa shape index (κ1) is 18.8. The molecule has 0 aliphatic carbocycles. The monoisotopic (exact) mass is 447 g/mol. The molecule has 1 aliphatic rings. The molecule has 6 heterocycles. The Labute approximate surface area is 193 Å². The van der Waals surface area contributed by atoms with Crippen LogP contribution in [0.2, 0.25) is 0 Å². The fourth-order valence-corrected chi connectivity index (χ4v) is 4.49. The topological polar surface area (TPSA) is 96.2 Å². The number of hydrogen-bond acceptors (Lipinski definition) is 7. The highest BCUT2D eigenvalue weighted by molar-refractivity contribution is 5.68. The summed E-state index contributed by atoms with van der Waals surface area (Å²) in [6.07, 6.45) is 6.72. The van der Waals surface area contributed by atoms with E-state index in [1.165, 1.54) is 0 Å². The van der Waals surface area contributed by atoms with Gasteiger partial charge in [0.15, 0.2) is 11.5 Å². The van der Waals surface area contributed by atoms with Gasteiger partial charge in [0, 0.05) is 18.0 Å². The van der Waals surface area contributed by atoms with Crippen LogP contribution < -0.4 is 4.74 Å². The summed E-state index contributed by atoms with van der Waals surface area (Å²) in [4.78, 5) is 13.5. The molecule has 0 amide bonds. The van der Waals surface area contributed by atoms with Crippen LogP contribution in [0.4, 0.5) is 0 Å². The lowest BCUT2D eigenvalue weighted by Crippen LogP contribution is -2.15. The number of rotatable bonds is 3. The Balaban J connectivity index is 1.49. The highest BCUT2D eigenvalue weighted by atomic mass is 16.5. The van der Waals surface area contributed by atoms with Gasteiger partial charge in [0.25, 0.3) is 0 Å². The highest BCUT2D eigenvalue weighted by Gasteiger charge is 2.39. The predicted molar refractivity (Wildman–Crippen MR) is 122 cm³/mol. The van der Waals surface area contributed by atoms with Gasteiger partial charge >= 0.3 is 0 Å². The number of para-hydroxylation sites is 1. The summed E-state index contributed by atoms with van der Waals surface area (Å²) in [5, 5.41) is 9.46. The zero-order chi connectivity index (χ0) is 22.6. The summed E-state index contributed by atoms with van der Waals surface area (Å²) in [5.41, 5.74) is 4.95. The van der Waals surface area contributed by atoms with Crippen molar-refractivity contribution in [3.8, 4) is 28.8 Å². The molecular weight excluding hydrogens is 430 g/mol. The Morgan fingerprint density at radius 2 is 1.76 bits per heavy atom. The third-order valence-electron chi connectivity index (χ3n) is 5.99. The molecule has 0 radical (unpaired) electrons. The van der Waals surface area contributed by atoms with Gasteiger partial charge in [0.05, 0.1) is 34.7 Å². The first-order chi connectivity index (χ1) is 16.8. The number of fused-ring (bicyclic) bond motifs is 4. The molecule has 1 aliphatic heterocycles. The van der Waals surface area contributed by atoms with Crippen molar-refractivity contribution in [2.24, 2.45) is 0 Å². The molecule has 0 saturated heterocycles. The number of nitrogens with zero attached hydrogens (tertiary/aromatic N) is 7. The SMILES string of the molecule is Cc1nn(-c2ccccc2)c2c1[C@H](c1ccco1)c1c(ncn3nc(-c4ccncc4)nc13)O2. The van der Waals surface area contributed by atoms with E-state index in [0.29, 0.717) is 23.2 Å². The maximum Gasteiger partial charge on any atom is 0.230 e. The fourth-order valence-electron chi connectivity index (χ4n) is 4.49. The number of aromatic nitrogens is 7. The van der Waals surface area contributed by atoms with E-state index in [2.05, 4.69) is 15.1 Å². The molecule has 0 bridgehead atoms. The zero-order valence-electron chi connectivity index (χ0n) is 18.0. The molecule has 0 unspecified atom stereocenters. The van der Waals surface area contributed by atoms with Crippen LogP contribution in [-0.4, -0.2) is 34.3 Å². The van der Waals surface area contributed by atoms with Crippen LogP contribution in [0.25, 0.3) is 22.7 Å². The molecule has 0 fully saturated rings. The maximum atomic E-state index is 6.39. The summed E-state index contributed by atoms with van der Waals surface area (Å²) >= 11 is 0. The molecule has 6 aromatic rings. The lowest BCUT2D eigenvalue weighted by Gasteiger charge is -2.24. The van der Waals surface area contributed by atoms with Crippen molar-refractivity contribution in [3.63, 3.8) is 0 Å². The Morgan fingerprint density at radius 3 is 2.56 bits per heavy atom. The number of aryl methyl sites for hydroxylation is 1. The maximum absolute atomic E-state index is 6.39. The normalized spacial score (nSPS) is 14.6. The molecule has 1 atom stereocenters. The van der Waals surface area contributed by atoms with Crippen molar-refractivity contribution in [1.82, 2.24) is 34.3 Å². The second kappa shape index (κ2) is 7.11. The van der Waals surface area contributed by atoms with Crippen LogP contribution in [0, 0.1) is 6.92 Å². The average molecular weight is 447 g/mol. The molecule has 0 N–H and O–H groups in total. The number of furan rings is 1. The molecule has 7 rings (SSSR count). The van der Waals surface area contributed by atoms with E-state index in [1.807, 2.05) is 66.2 Å². The molecule has 0 spiro atoms. The quantitative estimate of drug-likeness (QED) is 0.392. The summed E-state index contributed by atoms with van der Waals surface area (Å²) in [7, 11) is 0. The van der Waals surface area contributed by atoms with E-state index in [1.54, 1.807) is 29.5 Å². The van der Waals surface area contributed by atoms with Crippen LogP contribution >= 0.6 is 0 Å². The Hall–Kier alpha value is -4.79. The molecule has 5 aromatic heterocycles. The van der Waals surface area contributed by atoms with E-state index < -0.39 is 0 Å². The standard InChI is InChI=1S/C25H17N7O2/c1-15-19-20(18-8-5-13-33-18)21-23-28-22(16-9-11-26-12-10-16)30-31(23)14-27-24(21)34-25(19)32(29-15)17-6-3-2-4-7-17/h2-14,20H,1H3/t20-/m0/s1. The van der Waals surface area contributed by atoms with Crippen molar-refractivity contribution in [3.05, 3.63) is 102 Å². The van der Waals surface area contributed by atoms with Gasteiger partial charge in [0.1, 0.15) is 12.1 Å². The van der Waals surface area contributed by atoms with Gasteiger partial charge in [-0.25, -0.2) is 19.2 Å². The van der Waals surface area contributed by atoms with Crippen LogP contribution in [0.3, 0.4) is 0 Å². The molecule has 1 aromatic carbocycles. The molecule has 9 heteroatoms. The van der Waals surface area contributed by atoms with Gasteiger partial charge in [-0.2, -0.15) is 5.10 Å². The van der Waals surface area contributed by atoms with Crippen molar-refractivity contribution in [2.75, 3.05) is 0 Å². The minimum Gasteiger partial charge on any atom is -0.468 e. The highest BCUT2D eigenvalue weighted by Crippen LogP contribution is 2.49. The fraction of sp³-hybridized carbons (Fsp3) is 0.0800. The van der Waals surface area contributed by atoms with Gasteiger partial charge in [-0.15, -0.1) is 5.10 Å². The van der Waals surface area contributed by atoms with Crippen LogP contribution in [0.5, 0.6) is 11.8 Å². The lowest BCUT2D eigenvalue weighted by atomic mass is 9.88. The third kappa shape index (κ3) is 2.70. The van der Waals surface area contributed by atoms with Crippen molar-refractivity contribution < 1.29 is 9.15 Å². The Morgan fingerprint density at radius 1 is 0.912 bits per heavy atom. The number of benzene rings is 1. The van der Waals surface area contributed by atoms with E-state index in [4.69, 9.17) is 19.2 Å². The minimum atomic E-state index is -0.308. The average Bonchev–Trinajstić information content (AvgIpc) is 3.63. The van der Waals surface area contributed by atoms with Gasteiger partial charge in [-0.05, 0) is 43.3 Å². The van der Waals surface area contributed by atoms with Gasteiger partial charge in [-0.3, -0.25) is 4.98 Å². The molecule has 164 valence electrons. The zero-order valence-corrected chi connectivity index (χ0v) is 18.0. The smallest absolute Gasteiger partial charge is 0.230 e. The molecule has 9 nitrogen and oxygen atoms in total. The number of pyridine rings is 1. The predicted octanol–water partition coefficient (Wildman–Crippen LogP) is 4.56. The van der Waals surface area contributed by atoms with Crippen molar-refractivity contribution in [2.45, 2.75) is 12.8 Å². The second-order valence-corrected chi connectivity index (χ2v) is 8.00. The lowest BCUT2D eigenvalue weighted by molar-refractivity contribution is 0.392. The van der Waals surface area contributed by atoms with Crippen molar-refractivity contribution >= 4 is 5.65 Å². The summed E-state index contributed by atoms with van der Waals surface area (Å²) in [5.74, 6) is 2.09. The minimum absolute atomic E-state index is 0.308. The van der Waals surface area contributed by atoms with E-state index in [9.17, 15) is 0 Å². The van der Waals surface area contributed by atoms with Gasteiger partial charge < -0.3 is 9.15 Å². The van der Waals surface area contributed by atoms with Gasteiger partial charge in [-0.1, -0.05) is 18.2 Å². The molecule has 0 saturated carbocycles. The number of ether oxygens (including phenoxy) is 1. The van der Waals surface area contributed by atoms with E-state index in [0.717, 1.165) is 33.8 Å². The first-order valence-corrected chi connectivity index (χ1v) is 10.8. The van der Waals surface area contributed by atoms with Gasteiger partial charge in [0.2, 0.25) is 11.8 Å². The first-order valence-electron chi connectivity index (χ1n) is 10.8. The molecular formula is C25H17N7O2. The summed E-state index contributed by atoms with van der Waals surface area (Å²) in [6.45, 7) is 1.97. The van der Waals surface area contributed by atoms with E-state index >= 15 is 0 Å². The van der Waals surface area contributed by atoms with Crippen LogP contribution in [-0.2, 0) is 0 Å². The van der Waals surface area contributed by atoms with Crippen LogP contribution in [0.15, 0.2) is 84.0 Å².